The Balaban J connectivity index is 3.38. The second kappa shape index (κ2) is 5.49. The first-order chi connectivity index (χ1) is 5.48. The summed E-state index contributed by atoms with van der Waals surface area (Å²) in [6.07, 6.45) is 0. The zero-order valence-electron chi connectivity index (χ0n) is 8.65. The van der Waals surface area contributed by atoms with Gasteiger partial charge >= 0.3 is 0 Å². The van der Waals surface area contributed by atoms with E-state index in [1.165, 1.54) is 0 Å². The minimum atomic E-state index is -0.279. The van der Waals surface area contributed by atoms with Gasteiger partial charge in [0.1, 0.15) is 6.67 Å². The molecule has 0 aliphatic carbocycles. The first-order valence-electron chi connectivity index (χ1n) is 4.46. The molecule has 3 heteroatoms. The van der Waals surface area contributed by atoms with Crippen molar-refractivity contribution in [2.45, 2.75) is 26.3 Å². The van der Waals surface area contributed by atoms with Gasteiger partial charge in [0.25, 0.3) is 0 Å². The third-order valence-electron chi connectivity index (χ3n) is 2.04. The number of alkyl halides is 1. The lowest BCUT2D eigenvalue weighted by Gasteiger charge is -2.31. The van der Waals surface area contributed by atoms with E-state index in [4.69, 9.17) is 0 Å². The van der Waals surface area contributed by atoms with Crippen LogP contribution in [0.3, 0.4) is 0 Å². The van der Waals surface area contributed by atoms with Crippen molar-refractivity contribution in [1.82, 2.24) is 10.2 Å². The molecule has 74 valence electrons. The largest absolute Gasteiger partial charge is 0.313 e. The minimum absolute atomic E-state index is 0.206. The summed E-state index contributed by atoms with van der Waals surface area (Å²) < 4.78 is 11.7. The lowest BCUT2D eigenvalue weighted by atomic mass is 10.1. The van der Waals surface area contributed by atoms with Crippen molar-refractivity contribution in [3.63, 3.8) is 0 Å². The first kappa shape index (κ1) is 11.8. The van der Waals surface area contributed by atoms with Crippen molar-refractivity contribution in [2.75, 3.05) is 33.4 Å². The number of likely N-dealkylation sites (N-methyl/N-ethyl adjacent to an activating group) is 1. The molecule has 0 spiro atoms. The molecule has 1 N–H and O–H groups in total. The maximum Gasteiger partial charge on any atom is 0.102 e. The number of hydrogen-bond acceptors (Lipinski definition) is 2. The maximum absolute atomic E-state index is 11.7. The molecule has 0 unspecified atom stereocenters. The molecule has 0 bridgehead atoms. The smallest absolute Gasteiger partial charge is 0.102 e. The van der Waals surface area contributed by atoms with Crippen LogP contribution in [0.5, 0.6) is 0 Å². The van der Waals surface area contributed by atoms with Crippen LogP contribution in [0, 0.1) is 0 Å². The maximum atomic E-state index is 11.7. The topological polar surface area (TPSA) is 15.3 Å². The van der Waals surface area contributed by atoms with Crippen LogP contribution < -0.4 is 5.32 Å². The molecule has 0 aliphatic heterocycles. The van der Waals surface area contributed by atoms with Gasteiger partial charge in [-0.3, -0.25) is 0 Å². The summed E-state index contributed by atoms with van der Waals surface area (Å²) in [5.41, 5.74) is 0.206. The predicted octanol–water partition coefficient (Wildman–Crippen LogP) is 1.28. The Morgan fingerprint density at radius 3 is 2.25 bits per heavy atom. The Kier molecular flexibility index (Phi) is 5.42. The molecule has 0 fully saturated rings. The molecule has 0 aromatic carbocycles. The Morgan fingerprint density at radius 2 is 1.83 bits per heavy atom. The van der Waals surface area contributed by atoms with Crippen molar-refractivity contribution in [3.8, 4) is 0 Å². The first-order valence-corrected chi connectivity index (χ1v) is 4.46. The van der Waals surface area contributed by atoms with Crippen LogP contribution in [-0.2, 0) is 0 Å². The summed E-state index contributed by atoms with van der Waals surface area (Å²) in [6, 6.07) is 0. The van der Waals surface area contributed by atoms with Crippen LogP contribution in [0.15, 0.2) is 0 Å². The molecule has 0 atom stereocenters. The number of nitrogens with zero attached hydrogens (tertiary/aromatic N) is 1. The summed E-state index contributed by atoms with van der Waals surface area (Å²) in [4.78, 5) is 2.25. The molecular formula is C9H21FN2. The molecule has 0 amide bonds. The zero-order valence-corrected chi connectivity index (χ0v) is 8.65. The van der Waals surface area contributed by atoms with Gasteiger partial charge in [0, 0.05) is 25.2 Å². The van der Waals surface area contributed by atoms with Gasteiger partial charge in [-0.05, 0) is 27.8 Å². The van der Waals surface area contributed by atoms with Crippen LogP contribution in [-0.4, -0.2) is 43.8 Å². The molecule has 12 heavy (non-hydrogen) atoms. The molecule has 0 heterocycles. The quantitative estimate of drug-likeness (QED) is 0.635. The Morgan fingerprint density at radius 1 is 1.25 bits per heavy atom. The van der Waals surface area contributed by atoms with Crippen molar-refractivity contribution in [2.24, 2.45) is 0 Å². The summed E-state index contributed by atoms with van der Waals surface area (Å²) in [5, 5.41) is 3.02. The van der Waals surface area contributed by atoms with E-state index < -0.39 is 0 Å². The number of nitrogens with one attached hydrogen (secondary N) is 1. The van der Waals surface area contributed by atoms with Crippen LogP contribution >= 0.6 is 0 Å². The fraction of sp³-hybridized carbons (Fsp3) is 1.00. The van der Waals surface area contributed by atoms with E-state index in [-0.39, 0.29) is 12.2 Å². The van der Waals surface area contributed by atoms with Gasteiger partial charge in [-0.2, -0.15) is 0 Å². The van der Waals surface area contributed by atoms with E-state index >= 15 is 0 Å². The molecular weight excluding hydrogens is 155 g/mol. The Labute approximate surface area is 75.1 Å². The van der Waals surface area contributed by atoms with Crippen molar-refractivity contribution in [3.05, 3.63) is 0 Å². The van der Waals surface area contributed by atoms with Crippen LogP contribution in [0.1, 0.15) is 20.8 Å². The van der Waals surface area contributed by atoms with Gasteiger partial charge in [-0.25, -0.2) is 4.39 Å². The number of rotatable bonds is 5. The van der Waals surface area contributed by atoms with Gasteiger partial charge < -0.3 is 10.2 Å². The minimum Gasteiger partial charge on any atom is -0.313 e. The standard InChI is InChI=1S/C9H21FN2/c1-9(2,3)12(4)8-7-11-6-5-10/h11H,5-8H2,1-4H3. The second-order valence-electron chi connectivity index (χ2n) is 4.03. The lowest BCUT2D eigenvalue weighted by Crippen LogP contribution is -2.42. The van der Waals surface area contributed by atoms with Crippen LogP contribution in [0.25, 0.3) is 0 Å². The fourth-order valence-corrected chi connectivity index (χ4v) is 0.774. The average Bonchev–Trinajstić information content (AvgIpc) is 1.96. The van der Waals surface area contributed by atoms with E-state index in [9.17, 15) is 4.39 Å². The highest BCUT2D eigenvalue weighted by molar-refractivity contribution is 4.72. The van der Waals surface area contributed by atoms with Crippen molar-refractivity contribution < 1.29 is 4.39 Å². The highest BCUT2D eigenvalue weighted by Gasteiger charge is 2.15. The van der Waals surface area contributed by atoms with E-state index in [1.54, 1.807) is 0 Å². The van der Waals surface area contributed by atoms with Gasteiger partial charge in [-0.1, -0.05) is 0 Å². The molecule has 0 aromatic heterocycles. The Bertz CT molecular complexity index is 110. The zero-order chi connectivity index (χ0) is 9.61. The molecule has 2 nitrogen and oxygen atoms in total. The molecule has 0 saturated heterocycles. The lowest BCUT2D eigenvalue weighted by molar-refractivity contribution is 0.176. The SMILES string of the molecule is CN(CCNCCF)C(C)(C)C. The van der Waals surface area contributed by atoms with E-state index in [0.717, 1.165) is 13.1 Å². The summed E-state index contributed by atoms with van der Waals surface area (Å²) in [7, 11) is 2.08. The molecule has 0 aromatic rings. The molecule has 0 radical (unpaired) electrons. The van der Waals surface area contributed by atoms with E-state index in [2.05, 4.69) is 38.0 Å². The Hall–Kier alpha value is -0.150. The van der Waals surface area contributed by atoms with Crippen LogP contribution in [0.4, 0.5) is 4.39 Å². The van der Waals surface area contributed by atoms with Gasteiger partial charge in [0.05, 0.1) is 0 Å². The van der Waals surface area contributed by atoms with Crippen molar-refractivity contribution >= 4 is 0 Å². The highest BCUT2D eigenvalue weighted by atomic mass is 19.1. The van der Waals surface area contributed by atoms with Crippen LogP contribution in [0.2, 0.25) is 0 Å². The predicted molar refractivity (Wildman–Crippen MR) is 51.2 cm³/mol. The summed E-state index contributed by atoms with van der Waals surface area (Å²) in [5.74, 6) is 0. The fourth-order valence-electron chi connectivity index (χ4n) is 0.774. The van der Waals surface area contributed by atoms with Gasteiger partial charge in [0.2, 0.25) is 0 Å². The third-order valence-corrected chi connectivity index (χ3v) is 2.04. The monoisotopic (exact) mass is 176 g/mol. The van der Waals surface area contributed by atoms with Gasteiger partial charge in [-0.15, -0.1) is 0 Å². The van der Waals surface area contributed by atoms with E-state index in [0.29, 0.717) is 6.54 Å². The molecule has 0 rings (SSSR count). The number of hydrogen-bond donors (Lipinski definition) is 1. The van der Waals surface area contributed by atoms with E-state index in [1.807, 2.05) is 0 Å². The molecule has 0 aliphatic rings. The summed E-state index contributed by atoms with van der Waals surface area (Å²) in [6.45, 7) is 8.52. The molecule has 0 saturated carbocycles. The van der Waals surface area contributed by atoms with Crippen molar-refractivity contribution in [1.29, 1.82) is 0 Å². The third kappa shape index (κ3) is 5.49. The highest BCUT2D eigenvalue weighted by Crippen LogP contribution is 2.08. The van der Waals surface area contributed by atoms with Gasteiger partial charge in [0.15, 0.2) is 0 Å². The normalized spacial score (nSPS) is 12.5. The average molecular weight is 176 g/mol. The number of halogens is 1. The second-order valence-corrected chi connectivity index (χ2v) is 4.03. The summed E-state index contributed by atoms with van der Waals surface area (Å²) >= 11 is 0.